The fourth-order valence-electron chi connectivity index (χ4n) is 2.87. The zero-order valence-corrected chi connectivity index (χ0v) is 14.8. The number of rotatable bonds is 6. The number of hydrogen-bond acceptors (Lipinski definition) is 4. The molecule has 136 valence electrons. The molecule has 27 heavy (non-hydrogen) atoms. The zero-order chi connectivity index (χ0) is 18.6. The van der Waals surface area contributed by atoms with E-state index < -0.39 is 0 Å². The number of hydrogen-bond donors (Lipinski definition) is 0. The molecule has 1 aromatic heterocycles. The molecule has 0 aliphatic carbocycles. The lowest BCUT2D eigenvalue weighted by Crippen LogP contribution is -2.04. The third kappa shape index (κ3) is 3.68. The van der Waals surface area contributed by atoms with E-state index in [-0.39, 0.29) is 5.82 Å². The first-order chi connectivity index (χ1) is 13.2. The number of fused-ring (bicyclic) bond motifs is 1. The molecule has 0 aliphatic rings. The van der Waals surface area contributed by atoms with Crippen LogP contribution in [0.1, 0.15) is 0 Å². The maximum absolute atomic E-state index is 14.0. The van der Waals surface area contributed by atoms with Gasteiger partial charge in [-0.3, -0.25) is 0 Å². The lowest BCUT2D eigenvalue weighted by Gasteiger charge is -2.05. The van der Waals surface area contributed by atoms with Crippen LogP contribution in [0.4, 0.5) is 4.39 Å². The van der Waals surface area contributed by atoms with Crippen molar-refractivity contribution in [3.05, 3.63) is 72.5 Å². The van der Waals surface area contributed by atoms with Gasteiger partial charge >= 0.3 is 0 Å². The van der Waals surface area contributed by atoms with Crippen molar-refractivity contribution < 1.29 is 18.3 Å². The standard InChI is InChI=1S/C22H18FNO3/c1-25-11-12-26-17-6-4-5-16(13-17)22-24-20-10-9-15(14-21(20)27-22)18-7-2-3-8-19(18)23/h2-10,13-14H,11-12H2,1H3. The largest absolute Gasteiger partial charge is 0.491 e. The number of benzene rings is 3. The van der Waals surface area contributed by atoms with Crippen LogP contribution in [0.2, 0.25) is 0 Å². The Morgan fingerprint density at radius 3 is 2.67 bits per heavy atom. The van der Waals surface area contributed by atoms with Crippen molar-refractivity contribution in [3.8, 4) is 28.3 Å². The fourth-order valence-corrected chi connectivity index (χ4v) is 2.87. The summed E-state index contributed by atoms with van der Waals surface area (Å²) in [5.74, 6) is 0.948. The summed E-state index contributed by atoms with van der Waals surface area (Å²) in [5.41, 5.74) is 3.42. The SMILES string of the molecule is COCCOc1cccc(-c2nc3ccc(-c4ccccc4F)cc3o2)c1. The molecule has 4 nitrogen and oxygen atoms in total. The average Bonchev–Trinajstić information content (AvgIpc) is 3.12. The summed E-state index contributed by atoms with van der Waals surface area (Å²) in [5, 5.41) is 0. The first-order valence-corrected chi connectivity index (χ1v) is 8.62. The second-order valence-electron chi connectivity index (χ2n) is 6.05. The number of halogens is 1. The maximum Gasteiger partial charge on any atom is 0.227 e. The van der Waals surface area contributed by atoms with E-state index in [1.807, 2.05) is 48.5 Å². The Morgan fingerprint density at radius 1 is 0.926 bits per heavy atom. The van der Waals surface area contributed by atoms with Gasteiger partial charge in [-0.15, -0.1) is 0 Å². The normalized spacial score (nSPS) is 11.0. The van der Waals surface area contributed by atoms with E-state index in [1.54, 1.807) is 19.2 Å². The van der Waals surface area contributed by atoms with Gasteiger partial charge in [-0.2, -0.15) is 0 Å². The lowest BCUT2D eigenvalue weighted by atomic mass is 10.1. The summed E-state index contributed by atoms with van der Waals surface area (Å²) in [7, 11) is 1.63. The van der Waals surface area contributed by atoms with Gasteiger partial charge in [-0.1, -0.05) is 30.3 Å². The Kier molecular flexibility index (Phi) is 4.85. The van der Waals surface area contributed by atoms with Gasteiger partial charge in [0.2, 0.25) is 5.89 Å². The fraction of sp³-hybridized carbons (Fsp3) is 0.136. The molecule has 0 amide bonds. The summed E-state index contributed by atoms with van der Waals surface area (Å²) in [6.45, 7) is 0.992. The number of oxazole rings is 1. The van der Waals surface area contributed by atoms with Gasteiger partial charge in [-0.05, 0) is 42.0 Å². The molecule has 0 radical (unpaired) electrons. The molecular formula is C22H18FNO3. The summed E-state index contributed by atoms with van der Waals surface area (Å²) < 4.78 is 30.6. The lowest BCUT2D eigenvalue weighted by molar-refractivity contribution is 0.146. The van der Waals surface area contributed by atoms with Gasteiger partial charge in [0.05, 0.1) is 6.61 Å². The van der Waals surface area contributed by atoms with Gasteiger partial charge in [-0.25, -0.2) is 9.37 Å². The molecule has 0 unspecified atom stereocenters. The van der Waals surface area contributed by atoms with E-state index in [0.29, 0.717) is 30.3 Å². The van der Waals surface area contributed by atoms with Crippen LogP contribution in [0.5, 0.6) is 5.75 Å². The predicted octanol–water partition coefficient (Wildman–Crippen LogP) is 5.33. The van der Waals surface area contributed by atoms with Gasteiger partial charge < -0.3 is 13.9 Å². The monoisotopic (exact) mass is 363 g/mol. The van der Waals surface area contributed by atoms with Crippen LogP contribution in [-0.2, 0) is 4.74 Å². The predicted molar refractivity (Wildman–Crippen MR) is 102 cm³/mol. The van der Waals surface area contributed by atoms with E-state index in [4.69, 9.17) is 13.9 Å². The van der Waals surface area contributed by atoms with Crippen molar-refractivity contribution in [1.82, 2.24) is 4.98 Å². The van der Waals surface area contributed by atoms with Crippen LogP contribution < -0.4 is 4.74 Å². The molecule has 0 atom stereocenters. The van der Waals surface area contributed by atoms with E-state index >= 15 is 0 Å². The Bertz CT molecular complexity index is 1070. The van der Waals surface area contributed by atoms with Crippen molar-refractivity contribution in [1.29, 1.82) is 0 Å². The molecular weight excluding hydrogens is 345 g/mol. The summed E-state index contributed by atoms with van der Waals surface area (Å²) in [6, 6.07) is 19.7. The summed E-state index contributed by atoms with van der Waals surface area (Å²) in [6.07, 6.45) is 0. The molecule has 5 heteroatoms. The smallest absolute Gasteiger partial charge is 0.227 e. The molecule has 0 fully saturated rings. The van der Waals surface area contributed by atoms with Crippen molar-refractivity contribution in [2.45, 2.75) is 0 Å². The summed E-state index contributed by atoms with van der Waals surface area (Å²) >= 11 is 0. The van der Waals surface area contributed by atoms with Gasteiger partial charge in [0, 0.05) is 18.2 Å². The molecule has 0 saturated carbocycles. The minimum absolute atomic E-state index is 0.266. The first-order valence-electron chi connectivity index (χ1n) is 8.62. The van der Waals surface area contributed by atoms with Crippen LogP contribution >= 0.6 is 0 Å². The Hall–Kier alpha value is -3.18. The van der Waals surface area contributed by atoms with E-state index in [9.17, 15) is 4.39 Å². The van der Waals surface area contributed by atoms with Crippen LogP contribution in [0.25, 0.3) is 33.7 Å². The molecule has 1 heterocycles. The van der Waals surface area contributed by atoms with Crippen molar-refractivity contribution in [2.75, 3.05) is 20.3 Å². The highest BCUT2D eigenvalue weighted by Gasteiger charge is 2.12. The van der Waals surface area contributed by atoms with E-state index in [0.717, 1.165) is 22.4 Å². The molecule has 3 aromatic carbocycles. The van der Waals surface area contributed by atoms with Gasteiger partial charge in [0.25, 0.3) is 0 Å². The van der Waals surface area contributed by atoms with Crippen LogP contribution in [0, 0.1) is 5.82 Å². The molecule has 0 aliphatic heterocycles. The van der Waals surface area contributed by atoms with Crippen LogP contribution in [-0.4, -0.2) is 25.3 Å². The highest BCUT2D eigenvalue weighted by Crippen LogP contribution is 2.30. The minimum Gasteiger partial charge on any atom is -0.491 e. The van der Waals surface area contributed by atoms with Crippen LogP contribution in [0.3, 0.4) is 0 Å². The van der Waals surface area contributed by atoms with Gasteiger partial charge in [0.1, 0.15) is 23.7 Å². The Labute approximate surface area is 156 Å². The third-order valence-electron chi connectivity index (χ3n) is 4.21. The topological polar surface area (TPSA) is 44.5 Å². The third-order valence-corrected chi connectivity index (χ3v) is 4.21. The van der Waals surface area contributed by atoms with Crippen molar-refractivity contribution in [3.63, 3.8) is 0 Å². The minimum atomic E-state index is -0.266. The van der Waals surface area contributed by atoms with E-state index in [2.05, 4.69) is 4.98 Å². The average molecular weight is 363 g/mol. The van der Waals surface area contributed by atoms with Crippen molar-refractivity contribution in [2.24, 2.45) is 0 Å². The van der Waals surface area contributed by atoms with Crippen molar-refractivity contribution >= 4 is 11.1 Å². The number of methoxy groups -OCH3 is 1. The van der Waals surface area contributed by atoms with Gasteiger partial charge in [0.15, 0.2) is 5.58 Å². The first kappa shape index (κ1) is 17.2. The molecule has 4 rings (SSSR count). The molecule has 0 bridgehead atoms. The highest BCUT2D eigenvalue weighted by atomic mass is 19.1. The molecule has 0 saturated heterocycles. The molecule has 0 spiro atoms. The molecule has 4 aromatic rings. The number of nitrogens with zero attached hydrogens (tertiary/aromatic N) is 1. The number of ether oxygens (including phenoxy) is 2. The van der Waals surface area contributed by atoms with Crippen LogP contribution in [0.15, 0.2) is 71.1 Å². The quantitative estimate of drug-likeness (QED) is 0.435. The second-order valence-corrected chi connectivity index (χ2v) is 6.05. The second kappa shape index (κ2) is 7.60. The Morgan fingerprint density at radius 2 is 1.81 bits per heavy atom. The number of aromatic nitrogens is 1. The van der Waals surface area contributed by atoms with E-state index in [1.165, 1.54) is 6.07 Å². The summed E-state index contributed by atoms with van der Waals surface area (Å²) in [4.78, 5) is 4.54. The molecule has 0 N–H and O–H groups in total. The maximum atomic E-state index is 14.0. The highest BCUT2D eigenvalue weighted by molar-refractivity contribution is 5.82. The zero-order valence-electron chi connectivity index (χ0n) is 14.8. The Balaban J connectivity index is 1.66.